The van der Waals surface area contributed by atoms with Crippen LogP contribution in [-0.2, 0) is 13.6 Å². The van der Waals surface area contributed by atoms with Crippen molar-refractivity contribution >= 4 is 59.7 Å². The fraction of sp³-hybridized carbons (Fsp3) is 0.650. The van der Waals surface area contributed by atoms with E-state index in [0.717, 1.165) is 5.56 Å². The number of nitro benzene ring substituents is 1. The first-order valence-corrected chi connectivity index (χ1v) is 21.6. The average Bonchev–Trinajstić information content (AvgIpc) is 2.60. The van der Waals surface area contributed by atoms with Crippen LogP contribution in [0.25, 0.3) is 0 Å². The van der Waals surface area contributed by atoms with Crippen LogP contribution in [0.15, 0.2) is 24.3 Å². The van der Waals surface area contributed by atoms with Gasteiger partial charge in [-0.2, -0.15) is 0 Å². The van der Waals surface area contributed by atoms with Gasteiger partial charge >= 0.3 is 0 Å². The Bertz CT molecular complexity index is 790. The molecule has 182 valence electrons. The molecule has 0 spiro atoms. The molecule has 0 saturated carbocycles. The summed E-state index contributed by atoms with van der Waals surface area (Å²) < 4.78 is 14.7. The summed E-state index contributed by atoms with van der Waals surface area (Å²) in [5.74, 6) is -0.372. The number of nitro groups is 1. The normalized spacial score (nSPS) is 14.9. The van der Waals surface area contributed by atoms with E-state index >= 15 is 0 Å². The highest BCUT2D eigenvalue weighted by atomic mass is 35.5. The molecule has 0 aliphatic heterocycles. The minimum atomic E-state index is -2.29. The van der Waals surface area contributed by atoms with E-state index in [4.69, 9.17) is 32.1 Å². The van der Waals surface area contributed by atoms with Crippen LogP contribution in [0.1, 0.15) is 11.7 Å². The predicted molar refractivity (Wildman–Crippen MR) is 139 cm³/mol. The molecule has 2 atom stereocenters. The fourth-order valence-corrected chi connectivity index (χ4v) is 7.36. The maximum absolute atomic E-state index is 13.2. The lowest BCUT2D eigenvalue weighted by Gasteiger charge is -2.46. The molecule has 12 heteroatoms. The summed E-state index contributed by atoms with van der Waals surface area (Å²) in [6.07, 6.45) is -0.540. The minimum absolute atomic E-state index is 0.00453. The van der Waals surface area contributed by atoms with Crippen molar-refractivity contribution in [2.45, 2.75) is 75.9 Å². The van der Waals surface area contributed by atoms with Crippen molar-refractivity contribution in [3.63, 3.8) is 0 Å². The fourth-order valence-electron chi connectivity index (χ4n) is 3.26. The number of alkyl halides is 2. The number of benzene rings is 1. The summed E-state index contributed by atoms with van der Waals surface area (Å²) in [5.41, 5.74) is 0.744. The molecule has 0 aliphatic carbocycles. The van der Waals surface area contributed by atoms with Crippen molar-refractivity contribution in [2.75, 3.05) is 6.61 Å². The highest BCUT2D eigenvalue weighted by Crippen LogP contribution is 2.34. The lowest BCUT2D eigenvalue weighted by Crippen LogP contribution is -2.61. The Morgan fingerprint density at radius 3 is 1.84 bits per heavy atom. The zero-order valence-corrected chi connectivity index (χ0v) is 25.0. The lowest BCUT2D eigenvalue weighted by molar-refractivity contribution is -0.384. The first-order valence-electron chi connectivity index (χ1n) is 10.5. The molecule has 1 rings (SSSR count). The monoisotopic (exact) mass is 538 g/mol. The van der Waals surface area contributed by atoms with Gasteiger partial charge in [-0.25, -0.2) is 0 Å². The summed E-state index contributed by atoms with van der Waals surface area (Å²) in [7, 11) is -6.34. The highest BCUT2D eigenvalue weighted by Gasteiger charge is 2.43. The van der Waals surface area contributed by atoms with E-state index in [-0.39, 0.29) is 18.2 Å². The van der Waals surface area contributed by atoms with E-state index in [0.29, 0.717) is 0 Å². The van der Waals surface area contributed by atoms with E-state index in [2.05, 4.69) is 39.3 Å². The van der Waals surface area contributed by atoms with Gasteiger partial charge in [-0.05, 0) is 57.0 Å². The Morgan fingerprint density at radius 1 is 1.00 bits per heavy atom. The SMILES string of the molecule is C[Si](C)(C)OC[C@H](C(O[Si](C)(C)C)c1ccc([N+](=O)[O-])cc1)N(C(=O)C(Cl)Cl)[Si](C)(C)C. The van der Waals surface area contributed by atoms with Crippen LogP contribution >= 0.6 is 23.2 Å². The molecule has 0 aromatic heterocycles. The van der Waals surface area contributed by atoms with E-state index < -0.39 is 46.8 Å². The molecule has 0 fully saturated rings. The zero-order chi connectivity index (χ0) is 25.1. The Hall–Kier alpha value is -0.759. The molecule has 1 aromatic rings. The minimum Gasteiger partial charge on any atom is -0.415 e. The molecule has 0 N–H and O–H groups in total. The number of halogens is 2. The van der Waals surface area contributed by atoms with Crippen LogP contribution in [0.2, 0.25) is 58.9 Å². The van der Waals surface area contributed by atoms with Crippen LogP contribution in [0, 0.1) is 10.1 Å². The number of hydrogen-bond acceptors (Lipinski definition) is 5. The van der Waals surface area contributed by atoms with Crippen LogP contribution in [0.3, 0.4) is 0 Å². The van der Waals surface area contributed by atoms with Gasteiger partial charge in [0.1, 0.15) is 0 Å². The average molecular weight is 540 g/mol. The molecule has 0 radical (unpaired) electrons. The van der Waals surface area contributed by atoms with Gasteiger partial charge in [0, 0.05) is 12.1 Å². The van der Waals surface area contributed by atoms with Gasteiger partial charge in [-0.1, -0.05) is 42.8 Å². The first-order chi connectivity index (χ1) is 14.3. The third kappa shape index (κ3) is 9.24. The number of non-ortho nitro benzene ring substituents is 1. The number of carbonyl (C=O) groups excluding carboxylic acids is 1. The van der Waals surface area contributed by atoms with Crippen molar-refractivity contribution in [1.82, 2.24) is 4.57 Å². The van der Waals surface area contributed by atoms with E-state index in [1.54, 1.807) is 16.7 Å². The molecule has 1 aromatic carbocycles. The lowest BCUT2D eigenvalue weighted by atomic mass is 10.0. The van der Waals surface area contributed by atoms with Crippen molar-refractivity contribution in [2.24, 2.45) is 0 Å². The molecular formula is C20H36Cl2N2O5Si3. The van der Waals surface area contributed by atoms with Gasteiger partial charge in [0.05, 0.1) is 23.7 Å². The summed E-state index contributed by atoms with van der Waals surface area (Å²) >= 11 is 12.1. The molecular weight excluding hydrogens is 503 g/mol. The van der Waals surface area contributed by atoms with E-state index in [1.165, 1.54) is 12.1 Å². The van der Waals surface area contributed by atoms with Gasteiger partial charge in [0.25, 0.3) is 5.69 Å². The second-order valence-electron chi connectivity index (χ2n) is 10.7. The highest BCUT2D eigenvalue weighted by molar-refractivity contribution is 6.76. The van der Waals surface area contributed by atoms with Gasteiger partial charge < -0.3 is 13.4 Å². The van der Waals surface area contributed by atoms with Crippen molar-refractivity contribution < 1.29 is 18.6 Å². The van der Waals surface area contributed by atoms with Crippen molar-refractivity contribution in [3.05, 3.63) is 39.9 Å². The van der Waals surface area contributed by atoms with Gasteiger partial charge in [0.15, 0.2) is 29.7 Å². The molecule has 7 nitrogen and oxygen atoms in total. The summed E-state index contributed by atoms with van der Waals surface area (Å²) in [4.78, 5) is 22.7. The quantitative estimate of drug-likeness (QED) is 0.145. The van der Waals surface area contributed by atoms with Crippen molar-refractivity contribution in [3.8, 4) is 0 Å². The molecule has 32 heavy (non-hydrogen) atoms. The Morgan fingerprint density at radius 2 is 1.50 bits per heavy atom. The van der Waals surface area contributed by atoms with Crippen molar-refractivity contribution in [1.29, 1.82) is 0 Å². The van der Waals surface area contributed by atoms with Crippen LogP contribution in [0.5, 0.6) is 0 Å². The number of hydrogen-bond donors (Lipinski definition) is 0. The van der Waals surface area contributed by atoms with Gasteiger partial charge in [-0.15, -0.1) is 0 Å². The summed E-state index contributed by atoms with van der Waals surface area (Å²) in [6, 6.07) is 5.82. The van der Waals surface area contributed by atoms with Gasteiger partial charge in [0.2, 0.25) is 5.91 Å². The number of nitrogens with zero attached hydrogens (tertiary/aromatic N) is 2. The third-order valence-corrected chi connectivity index (χ3v) is 8.79. The first kappa shape index (κ1) is 29.3. The Labute approximate surface area is 204 Å². The van der Waals surface area contributed by atoms with Crippen LogP contribution in [0.4, 0.5) is 5.69 Å². The predicted octanol–water partition coefficient (Wildman–Crippen LogP) is 6.17. The molecule has 1 unspecified atom stereocenters. The zero-order valence-electron chi connectivity index (χ0n) is 20.4. The van der Waals surface area contributed by atoms with Crippen LogP contribution in [-0.4, -0.2) is 57.8 Å². The smallest absolute Gasteiger partial charge is 0.269 e. The third-order valence-electron chi connectivity index (χ3n) is 4.43. The second kappa shape index (κ2) is 11.1. The van der Waals surface area contributed by atoms with Gasteiger partial charge in [-0.3, -0.25) is 14.9 Å². The number of amides is 1. The topological polar surface area (TPSA) is 81.9 Å². The number of rotatable bonds is 11. The van der Waals surface area contributed by atoms with E-state index in [1.807, 2.05) is 19.6 Å². The van der Waals surface area contributed by atoms with Crippen LogP contribution < -0.4 is 0 Å². The maximum Gasteiger partial charge on any atom is 0.269 e. The Kier molecular flexibility index (Phi) is 10.2. The largest absolute Gasteiger partial charge is 0.415 e. The number of carbonyl (C=O) groups is 1. The Balaban J connectivity index is 3.66. The molecule has 0 heterocycles. The summed E-state index contributed by atoms with van der Waals surface area (Å²) in [5, 5.41) is 11.2. The molecule has 1 amide bonds. The summed E-state index contributed by atoms with van der Waals surface area (Å²) in [6.45, 7) is 18.8. The molecule has 0 aliphatic rings. The van der Waals surface area contributed by atoms with E-state index in [9.17, 15) is 14.9 Å². The standard InChI is InChI=1S/C20H36Cl2N2O5Si3/c1-30(2,3)23(20(25)19(21)22)17(14-28-31(4,5)6)18(29-32(7,8)9)15-10-12-16(13-11-15)24(26)27/h10-13,17-19H,14H2,1-9H3/t17-,18?/m1/s1. The maximum atomic E-state index is 13.2. The molecule has 0 saturated heterocycles. The molecule has 0 bridgehead atoms. The second-order valence-corrected chi connectivity index (χ2v) is 25.6.